The second kappa shape index (κ2) is 18.5. The zero-order valence-electron chi connectivity index (χ0n) is 8.65. The van der Waals surface area contributed by atoms with Gasteiger partial charge in [-0.1, -0.05) is 0 Å². The molecule has 0 heterocycles. The zero-order chi connectivity index (χ0) is 11.1. The van der Waals surface area contributed by atoms with Crippen molar-refractivity contribution in [1.82, 2.24) is 0 Å². The fraction of sp³-hybridized carbons (Fsp3) is 1.00. The Morgan fingerprint density at radius 3 is 1.36 bits per heavy atom. The smallest absolute Gasteiger partial charge is 0.0698 e. The van der Waals surface area contributed by atoms with Crippen LogP contribution in [0.4, 0.5) is 0 Å². The number of aliphatic hydroxyl groups excluding tert-OH is 1. The Labute approximate surface area is 85.3 Å². The predicted molar refractivity (Wildman–Crippen MR) is 55.9 cm³/mol. The molecule has 6 nitrogen and oxygen atoms in total. The lowest BCUT2D eigenvalue weighted by Gasteiger charge is -1.95. The molecule has 0 rings (SSSR count). The predicted octanol–water partition coefficient (Wildman–Crippen LogP) is -2.13. The van der Waals surface area contributed by atoms with E-state index in [9.17, 15) is 0 Å². The van der Waals surface area contributed by atoms with Crippen molar-refractivity contribution in [3.05, 3.63) is 0 Å². The van der Waals surface area contributed by atoms with Crippen LogP contribution in [0.3, 0.4) is 0 Å². The first-order valence-corrected chi connectivity index (χ1v) is 4.70. The molecule has 88 valence electrons. The Kier molecular flexibility index (Phi) is 21.4. The van der Waals surface area contributed by atoms with Crippen molar-refractivity contribution in [3.63, 3.8) is 0 Å². The fourth-order valence-electron chi connectivity index (χ4n) is 0.519. The van der Waals surface area contributed by atoms with E-state index >= 15 is 0 Å². The van der Waals surface area contributed by atoms with Crippen molar-refractivity contribution >= 4 is 0 Å². The SMILES string of the molecule is NCCOCCN.NCCOCCO. The van der Waals surface area contributed by atoms with E-state index in [-0.39, 0.29) is 6.61 Å². The van der Waals surface area contributed by atoms with Gasteiger partial charge in [0, 0.05) is 19.6 Å². The number of ether oxygens (including phenoxy) is 2. The largest absolute Gasteiger partial charge is 0.394 e. The van der Waals surface area contributed by atoms with Gasteiger partial charge in [-0.15, -0.1) is 0 Å². The minimum Gasteiger partial charge on any atom is -0.394 e. The molecule has 0 aliphatic rings. The first kappa shape index (κ1) is 16.2. The molecule has 0 atom stereocenters. The van der Waals surface area contributed by atoms with Gasteiger partial charge in [0.1, 0.15) is 0 Å². The molecular formula is C8H23N3O3. The lowest BCUT2D eigenvalue weighted by molar-refractivity contribution is 0.0976. The van der Waals surface area contributed by atoms with Gasteiger partial charge in [0.15, 0.2) is 0 Å². The molecule has 0 bridgehead atoms. The number of aliphatic hydroxyl groups is 1. The quantitative estimate of drug-likeness (QED) is 0.339. The van der Waals surface area contributed by atoms with Crippen molar-refractivity contribution in [3.8, 4) is 0 Å². The second-order valence-electron chi connectivity index (χ2n) is 2.31. The molecule has 0 saturated carbocycles. The molecule has 0 aliphatic heterocycles. The summed E-state index contributed by atoms with van der Waals surface area (Å²) in [7, 11) is 0. The maximum absolute atomic E-state index is 8.13. The van der Waals surface area contributed by atoms with Gasteiger partial charge in [-0.05, 0) is 0 Å². The highest BCUT2D eigenvalue weighted by Gasteiger charge is 1.79. The standard InChI is InChI=1S/C4H12N2O.C4H11NO2/c2*5-1-3-7-4-2-6/h1-6H2;6H,1-5H2. The summed E-state index contributed by atoms with van der Waals surface area (Å²) in [5.41, 5.74) is 15.3. The summed E-state index contributed by atoms with van der Waals surface area (Å²) in [5, 5.41) is 8.13. The molecule has 0 unspecified atom stereocenters. The van der Waals surface area contributed by atoms with Crippen molar-refractivity contribution < 1.29 is 14.6 Å². The van der Waals surface area contributed by atoms with Gasteiger partial charge in [0.25, 0.3) is 0 Å². The van der Waals surface area contributed by atoms with Crippen LogP contribution >= 0.6 is 0 Å². The highest BCUT2D eigenvalue weighted by molar-refractivity contribution is 4.31. The van der Waals surface area contributed by atoms with Crippen LogP contribution in [0.15, 0.2) is 0 Å². The summed E-state index contributed by atoms with van der Waals surface area (Å²) >= 11 is 0. The van der Waals surface area contributed by atoms with Gasteiger partial charge in [0.2, 0.25) is 0 Å². The van der Waals surface area contributed by atoms with E-state index < -0.39 is 0 Å². The molecule has 0 spiro atoms. The molecule has 0 fully saturated rings. The summed E-state index contributed by atoms with van der Waals surface area (Å²) in [5.74, 6) is 0. The number of nitrogens with two attached hydrogens (primary N) is 3. The van der Waals surface area contributed by atoms with Crippen LogP contribution in [0.2, 0.25) is 0 Å². The molecule has 0 aromatic heterocycles. The molecule has 0 aliphatic carbocycles. The van der Waals surface area contributed by atoms with Crippen molar-refractivity contribution in [1.29, 1.82) is 0 Å². The fourth-order valence-corrected chi connectivity index (χ4v) is 0.519. The summed E-state index contributed by atoms with van der Waals surface area (Å²) < 4.78 is 9.64. The van der Waals surface area contributed by atoms with E-state index in [0.29, 0.717) is 46.1 Å². The minimum absolute atomic E-state index is 0.0833. The average molecular weight is 209 g/mol. The zero-order valence-corrected chi connectivity index (χ0v) is 8.65. The monoisotopic (exact) mass is 209 g/mol. The first-order chi connectivity index (χ1) is 6.83. The van der Waals surface area contributed by atoms with Gasteiger partial charge >= 0.3 is 0 Å². The van der Waals surface area contributed by atoms with E-state index in [4.69, 9.17) is 31.8 Å². The van der Waals surface area contributed by atoms with Crippen LogP contribution in [0.25, 0.3) is 0 Å². The third-order valence-corrected chi connectivity index (χ3v) is 1.02. The van der Waals surface area contributed by atoms with Gasteiger partial charge in [0.05, 0.1) is 33.0 Å². The third kappa shape index (κ3) is 22.6. The number of rotatable bonds is 8. The van der Waals surface area contributed by atoms with E-state index in [1.807, 2.05) is 0 Å². The molecule has 6 heteroatoms. The number of hydrogen-bond donors (Lipinski definition) is 4. The molecule has 14 heavy (non-hydrogen) atoms. The maximum Gasteiger partial charge on any atom is 0.0698 e. The summed E-state index contributed by atoms with van der Waals surface area (Å²) in [4.78, 5) is 0. The van der Waals surface area contributed by atoms with Crippen LogP contribution in [0, 0.1) is 0 Å². The minimum atomic E-state index is 0.0833. The van der Waals surface area contributed by atoms with Gasteiger partial charge in [-0.3, -0.25) is 0 Å². The number of hydrogen-bond acceptors (Lipinski definition) is 6. The van der Waals surface area contributed by atoms with Crippen LogP contribution in [0.1, 0.15) is 0 Å². The molecule has 0 aromatic rings. The third-order valence-electron chi connectivity index (χ3n) is 1.02. The molecule has 0 amide bonds. The maximum atomic E-state index is 8.13. The lowest BCUT2D eigenvalue weighted by atomic mass is 10.7. The van der Waals surface area contributed by atoms with Gasteiger partial charge in [-0.25, -0.2) is 0 Å². The Morgan fingerprint density at radius 2 is 1.07 bits per heavy atom. The van der Waals surface area contributed by atoms with Crippen molar-refractivity contribution in [2.45, 2.75) is 0 Å². The Balaban J connectivity index is 0. The molecular weight excluding hydrogens is 186 g/mol. The van der Waals surface area contributed by atoms with E-state index in [0.717, 1.165) is 0 Å². The van der Waals surface area contributed by atoms with E-state index in [1.54, 1.807) is 0 Å². The summed E-state index contributed by atoms with van der Waals surface area (Å²) in [6.45, 7) is 3.96. The normalized spacial score (nSPS) is 9.43. The van der Waals surface area contributed by atoms with Crippen molar-refractivity contribution in [2.24, 2.45) is 17.2 Å². The van der Waals surface area contributed by atoms with Crippen LogP contribution in [0.5, 0.6) is 0 Å². The Bertz CT molecular complexity index is 68.2. The Morgan fingerprint density at radius 1 is 0.714 bits per heavy atom. The topological polar surface area (TPSA) is 117 Å². The molecule has 7 N–H and O–H groups in total. The molecule has 0 saturated heterocycles. The Hall–Kier alpha value is -0.240. The molecule has 0 aromatic carbocycles. The molecule has 0 radical (unpaired) electrons. The average Bonchev–Trinajstić information content (AvgIpc) is 2.21. The van der Waals surface area contributed by atoms with Crippen LogP contribution in [-0.4, -0.2) is 57.8 Å². The van der Waals surface area contributed by atoms with Gasteiger partial charge in [-0.2, -0.15) is 0 Å². The van der Waals surface area contributed by atoms with E-state index in [1.165, 1.54) is 0 Å². The lowest BCUT2D eigenvalue weighted by Crippen LogP contribution is -2.13. The van der Waals surface area contributed by atoms with Crippen LogP contribution < -0.4 is 17.2 Å². The highest BCUT2D eigenvalue weighted by atomic mass is 16.5. The van der Waals surface area contributed by atoms with Crippen molar-refractivity contribution in [2.75, 3.05) is 52.7 Å². The van der Waals surface area contributed by atoms with E-state index in [2.05, 4.69) is 0 Å². The first-order valence-electron chi connectivity index (χ1n) is 4.70. The summed E-state index contributed by atoms with van der Waals surface area (Å²) in [6, 6.07) is 0. The summed E-state index contributed by atoms with van der Waals surface area (Å²) in [6.07, 6.45) is 0. The van der Waals surface area contributed by atoms with Crippen LogP contribution in [-0.2, 0) is 9.47 Å². The highest BCUT2D eigenvalue weighted by Crippen LogP contribution is 1.67. The van der Waals surface area contributed by atoms with Gasteiger partial charge < -0.3 is 31.8 Å². The second-order valence-corrected chi connectivity index (χ2v) is 2.31.